The molecule has 4 heteroatoms. The van der Waals surface area contributed by atoms with Gasteiger partial charge in [-0.05, 0) is 96.7 Å². The molecule has 0 saturated heterocycles. The molecule has 0 aromatic carbocycles. The monoisotopic (exact) mass is 474 g/mol. The van der Waals surface area contributed by atoms with E-state index < -0.39 is 12.2 Å². The van der Waals surface area contributed by atoms with Crippen LogP contribution in [0.1, 0.15) is 106 Å². The van der Waals surface area contributed by atoms with E-state index in [2.05, 4.69) is 34.6 Å². The first kappa shape index (κ1) is 25.2. The van der Waals surface area contributed by atoms with Crippen molar-refractivity contribution in [3.63, 3.8) is 0 Å². The SMILES string of the molecule is CC(C)C(=O)CC[C@@H](C)[C@H]1[C@@H](O)C[C@@]2(C)[C@@H]3CC[C@H]4C(C)(C)[C@@H](O)CC[C@@]45C[C@@]35C[C@H](O)[C@]12C. The lowest BCUT2D eigenvalue weighted by Crippen LogP contribution is -2.62. The van der Waals surface area contributed by atoms with Crippen LogP contribution in [0.25, 0.3) is 0 Å². The van der Waals surface area contributed by atoms with Crippen molar-refractivity contribution < 1.29 is 20.1 Å². The Bertz CT molecular complexity index is 851. The molecule has 3 N–H and O–H groups in total. The average molecular weight is 475 g/mol. The summed E-state index contributed by atoms with van der Waals surface area (Å²) in [5.74, 6) is 1.66. The number of ketones is 1. The number of rotatable bonds is 5. The summed E-state index contributed by atoms with van der Waals surface area (Å²) in [5, 5.41) is 34.3. The van der Waals surface area contributed by atoms with Crippen molar-refractivity contribution in [3.05, 3.63) is 0 Å². The molecule has 5 aliphatic carbocycles. The van der Waals surface area contributed by atoms with Crippen LogP contribution in [-0.2, 0) is 4.79 Å². The maximum Gasteiger partial charge on any atom is 0.135 e. The first-order valence-corrected chi connectivity index (χ1v) is 14.3. The zero-order valence-electron chi connectivity index (χ0n) is 22.7. The number of aliphatic hydroxyl groups is 3. The predicted molar refractivity (Wildman–Crippen MR) is 134 cm³/mol. The van der Waals surface area contributed by atoms with E-state index in [0.717, 1.165) is 44.9 Å². The summed E-state index contributed by atoms with van der Waals surface area (Å²) in [6.07, 6.45) is 7.43. The van der Waals surface area contributed by atoms with Crippen molar-refractivity contribution >= 4 is 5.78 Å². The Morgan fingerprint density at radius 1 is 0.882 bits per heavy atom. The standard InChI is InChI=1S/C30H50O4/c1-17(2)19(31)9-8-18(3)25-20(32)14-27(6)22-11-10-21-26(4,5)23(33)12-13-29(21)16-30(22,29)15-24(34)28(25,27)7/h17-18,20-25,32-34H,8-16H2,1-7H3/t18-,20+,21+,22+,23+,24+,25+,27+,28-,29-,30+/m1/s1. The van der Waals surface area contributed by atoms with E-state index in [9.17, 15) is 20.1 Å². The van der Waals surface area contributed by atoms with Crippen molar-refractivity contribution in [2.75, 3.05) is 0 Å². The Kier molecular flexibility index (Phi) is 5.59. The van der Waals surface area contributed by atoms with Crippen LogP contribution in [0, 0.1) is 56.7 Å². The van der Waals surface area contributed by atoms with Crippen LogP contribution in [0.15, 0.2) is 0 Å². The zero-order chi connectivity index (χ0) is 25.1. The molecular weight excluding hydrogens is 424 g/mol. The zero-order valence-corrected chi connectivity index (χ0v) is 22.7. The Morgan fingerprint density at radius 3 is 2.18 bits per heavy atom. The van der Waals surface area contributed by atoms with Crippen LogP contribution in [-0.4, -0.2) is 39.4 Å². The van der Waals surface area contributed by atoms with Gasteiger partial charge in [0, 0.05) is 17.8 Å². The minimum Gasteiger partial charge on any atom is -0.393 e. The highest BCUT2D eigenvalue weighted by atomic mass is 16.3. The molecule has 11 atom stereocenters. The van der Waals surface area contributed by atoms with Gasteiger partial charge >= 0.3 is 0 Å². The molecule has 0 aromatic heterocycles. The highest BCUT2D eigenvalue weighted by Crippen LogP contribution is 2.89. The molecule has 4 nitrogen and oxygen atoms in total. The number of fused-ring (bicyclic) bond motifs is 2. The van der Waals surface area contributed by atoms with Crippen molar-refractivity contribution in [1.82, 2.24) is 0 Å². The third-order valence-electron chi connectivity index (χ3n) is 13.3. The second kappa shape index (κ2) is 7.54. The van der Waals surface area contributed by atoms with Gasteiger partial charge in [0.1, 0.15) is 5.78 Å². The molecule has 5 rings (SSSR count). The second-order valence-corrected chi connectivity index (χ2v) is 14.9. The summed E-state index contributed by atoms with van der Waals surface area (Å²) < 4.78 is 0. The molecule has 0 unspecified atom stereocenters. The molecule has 0 heterocycles. The first-order chi connectivity index (χ1) is 15.7. The summed E-state index contributed by atoms with van der Waals surface area (Å²) >= 11 is 0. The summed E-state index contributed by atoms with van der Waals surface area (Å²) in [6.45, 7) is 15.4. The number of hydrogen-bond acceptors (Lipinski definition) is 4. The fourth-order valence-corrected chi connectivity index (χ4v) is 11.3. The largest absolute Gasteiger partial charge is 0.393 e. The lowest BCUT2D eigenvalue weighted by molar-refractivity contribution is -0.205. The highest BCUT2D eigenvalue weighted by Gasteiger charge is 2.84. The summed E-state index contributed by atoms with van der Waals surface area (Å²) in [6, 6.07) is 0. The van der Waals surface area contributed by atoms with Gasteiger partial charge in [-0.25, -0.2) is 0 Å². The van der Waals surface area contributed by atoms with Gasteiger partial charge in [0.15, 0.2) is 0 Å². The van der Waals surface area contributed by atoms with E-state index in [0.29, 0.717) is 24.0 Å². The molecule has 34 heavy (non-hydrogen) atoms. The quantitative estimate of drug-likeness (QED) is 0.501. The van der Waals surface area contributed by atoms with Gasteiger partial charge < -0.3 is 15.3 Å². The number of carbonyl (C=O) groups excluding carboxylic acids is 1. The number of Topliss-reactive ketones (excluding diaryl/α,β-unsaturated/α-hetero) is 1. The van der Waals surface area contributed by atoms with E-state index in [1.54, 1.807) is 0 Å². The fraction of sp³-hybridized carbons (Fsp3) is 0.967. The second-order valence-electron chi connectivity index (χ2n) is 14.9. The van der Waals surface area contributed by atoms with Crippen molar-refractivity contribution in [2.24, 2.45) is 56.7 Å². The Morgan fingerprint density at radius 2 is 1.53 bits per heavy atom. The van der Waals surface area contributed by atoms with Gasteiger partial charge in [-0.2, -0.15) is 0 Å². The summed E-state index contributed by atoms with van der Waals surface area (Å²) in [7, 11) is 0. The van der Waals surface area contributed by atoms with Gasteiger partial charge in [0.2, 0.25) is 0 Å². The topological polar surface area (TPSA) is 77.8 Å². The van der Waals surface area contributed by atoms with Crippen LogP contribution in [0.4, 0.5) is 0 Å². The van der Waals surface area contributed by atoms with Gasteiger partial charge in [-0.3, -0.25) is 4.79 Å². The molecule has 194 valence electrons. The molecule has 0 radical (unpaired) electrons. The third kappa shape index (κ3) is 2.86. The molecule has 5 fully saturated rings. The smallest absolute Gasteiger partial charge is 0.135 e. The maximum absolute atomic E-state index is 12.3. The number of aliphatic hydroxyl groups excluding tert-OH is 3. The van der Waals surface area contributed by atoms with Crippen molar-refractivity contribution in [2.45, 2.75) is 125 Å². The number of hydrogen-bond donors (Lipinski definition) is 3. The van der Waals surface area contributed by atoms with Crippen LogP contribution in [0.2, 0.25) is 0 Å². The minimum absolute atomic E-state index is 0.0295. The summed E-state index contributed by atoms with van der Waals surface area (Å²) in [5.41, 5.74) is -0.0496. The minimum atomic E-state index is -0.424. The van der Waals surface area contributed by atoms with Crippen LogP contribution in [0.3, 0.4) is 0 Å². The molecule has 0 bridgehead atoms. The molecule has 5 saturated carbocycles. The van der Waals surface area contributed by atoms with Crippen molar-refractivity contribution in [1.29, 1.82) is 0 Å². The van der Waals surface area contributed by atoms with Gasteiger partial charge in [-0.1, -0.05) is 48.5 Å². The van der Waals surface area contributed by atoms with Gasteiger partial charge in [-0.15, -0.1) is 0 Å². The Balaban J connectivity index is 1.46. The molecule has 0 aliphatic heterocycles. The predicted octanol–water partition coefficient (Wildman–Crippen LogP) is 5.37. The van der Waals surface area contributed by atoms with Gasteiger partial charge in [0.05, 0.1) is 18.3 Å². The highest BCUT2D eigenvalue weighted by molar-refractivity contribution is 5.80. The molecule has 0 amide bonds. The van der Waals surface area contributed by atoms with Gasteiger partial charge in [0.25, 0.3) is 0 Å². The molecular formula is C30H50O4. The Hall–Kier alpha value is -0.450. The normalized spacial score (nSPS) is 54.0. The van der Waals surface area contributed by atoms with Crippen LogP contribution >= 0.6 is 0 Å². The maximum atomic E-state index is 12.3. The first-order valence-electron chi connectivity index (χ1n) is 14.3. The van der Waals surface area contributed by atoms with E-state index in [4.69, 9.17) is 0 Å². The van der Waals surface area contributed by atoms with Crippen molar-refractivity contribution in [3.8, 4) is 0 Å². The molecule has 2 spiro atoms. The lowest BCUT2D eigenvalue weighted by Gasteiger charge is -2.64. The molecule has 0 aromatic rings. The van der Waals surface area contributed by atoms with E-state index in [-0.39, 0.29) is 50.9 Å². The average Bonchev–Trinajstić information content (AvgIpc) is 3.34. The number of carbonyl (C=O) groups is 1. The van der Waals surface area contributed by atoms with E-state index in [1.165, 1.54) is 6.42 Å². The molecule has 5 aliphatic rings. The van der Waals surface area contributed by atoms with E-state index >= 15 is 0 Å². The summed E-state index contributed by atoms with van der Waals surface area (Å²) in [4.78, 5) is 12.3. The lowest BCUT2D eigenvalue weighted by atomic mass is 9.41. The van der Waals surface area contributed by atoms with E-state index in [1.807, 2.05) is 13.8 Å². The Labute approximate surface area is 207 Å². The fourth-order valence-electron chi connectivity index (χ4n) is 11.3. The van der Waals surface area contributed by atoms with Crippen LogP contribution < -0.4 is 0 Å². The van der Waals surface area contributed by atoms with Crippen LogP contribution in [0.5, 0.6) is 0 Å². The third-order valence-corrected chi connectivity index (χ3v) is 13.3.